The molecule has 0 spiro atoms. The summed E-state index contributed by atoms with van der Waals surface area (Å²) in [5, 5.41) is 0. The Balaban J connectivity index is -0.00000000500. The maximum atomic E-state index is 8.28. The van der Waals surface area contributed by atoms with Gasteiger partial charge in [-0.1, -0.05) is 0 Å². The van der Waals surface area contributed by atoms with E-state index in [4.69, 9.17) is 3.80 Å². The minimum Gasteiger partial charge on any atom is 0 e. The predicted octanol–water partition coefficient (Wildman–Crippen LogP) is -1.59. The molecule has 4 heavy (non-hydrogen) atoms. The molecule has 0 aromatic rings. The predicted molar refractivity (Wildman–Crippen MR) is 11.4 cm³/mol. The second kappa shape index (κ2) is 37.9. The van der Waals surface area contributed by atoms with Crippen LogP contribution in [0.15, 0.2) is 0 Å². The van der Waals surface area contributed by atoms with Crippen LogP contribution in [0.1, 0.15) is 0 Å². The van der Waals surface area contributed by atoms with Crippen molar-refractivity contribution in [2.75, 3.05) is 0 Å². The Morgan fingerprint density at radius 2 is 1.25 bits per heavy atom. The van der Waals surface area contributed by atoms with Crippen LogP contribution in [0.2, 0.25) is 0 Å². The molecule has 0 aromatic carbocycles. The summed E-state index contributed by atoms with van der Waals surface area (Å²) in [5.41, 5.74) is 0. The molecule has 0 radical (unpaired) electrons. The zero-order chi connectivity index (χ0) is 2.00. The minimum atomic E-state index is 0. The molecule has 2 nitrogen and oxygen atoms in total. The molecule has 2 N–H and O–H groups in total. The van der Waals surface area contributed by atoms with E-state index < -0.39 is 0 Å². The smallest absolute Gasteiger partial charge is 0 e. The van der Waals surface area contributed by atoms with E-state index in [0.29, 0.717) is 16.2 Å². The van der Waals surface area contributed by atoms with Crippen molar-refractivity contribution >= 4 is 16.2 Å². The van der Waals surface area contributed by atoms with Crippen LogP contribution >= 0.6 is 0 Å². The Kier molecular flexibility index (Phi) is 192. The fourth-order valence-corrected chi connectivity index (χ4v) is 0. The fourth-order valence-electron chi connectivity index (χ4n) is 0. The Bertz CT molecular complexity index is 6.00. The first-order valence-corrected chi connectivity index (χ1v) is 0.866. The zero-order valence-corrected chi connectivity index (χ0v) is 4.90. The molecule has 0 aliphatic rings. The molecule has 0 aromatic heterocycles. The van der Waals surface area contributed by atoms with Crippen molar-refractivity contribution in [3.05, 3.63) is 0 Å². The topological polar surface area (TPSA) is 48.6 Å². The van der Waals surface area contributed by atoms with Crippen molar-refractivity contribution in [3.63, 3.8) is 0 Å². The van der Waals surface area contributed by atoms with Gasteiger partial charge in [0.25, 0.3) is 0 Å². The van der Waals surface area contributed by atoms with E-state index in [0.717, 1.165) is 0 Å². The minimum absolute atomic E-state index is 0. The van der Waals surface area contributed by atoms with E-state index in [-0.39, 0.29) is 25.9 Å². The van der Waals surface area contributed by atoms with E-state index >= 15 is 0 Å². The van der Waals surface area contributed by atoms with Gasteiger partial charge < -0.3 is 5.48 Å². The van der Waals surface area contributed by atoms with Crippen molar-refractivity contribution in [2.24, 2.45) is 0 Å². The largest absolute Gasteiger partial charge is 0 e. The van der Waals surface area contributed by atoms with Gasteiger partial charge in [0, 0.05) is 20.4 Å². The summed E-state index contributed by atoms with van der Waals surface area (Å²) in [5.74, 6) is 0. The molecule has 0 aliphatic carbocycles. The summed E-state index contributed by atoms with van der Waals surface area (Å²) in [4.78, 5) is 0. The first-order chi connectivity index (χ1) is 1.00. The summed E-state index contributed by atoms with van der Waals surface area (Å²) in [6.45, 7) is 0. The van der Waals surface area contributed by atoms with Gasteiger partial charge in [0.2, 0.25) is 0 Å². The molecule has 0 rings (SSSR count). The van der Waals surface area contributed by atoms with E-state index in [9.17, 15) is 0 Å². The molecule has 0 amide bonds. The third kappa shape index (κ3) is 12.4. The second-order valence-corrected chi connectivity index (χ2v) is 0. The molecular weight excluding hydrogens is 165 g/mol. The summed E-state index contributed by atoms with van der Waals surface area (Å²) < 4.78 is 8.28. The van der Waals surface area contributed by atoms with Gasteiger partial charge in [-0.3, -0.25) is 0 Å². The van der Waals surface area contributed by atoms with E-state index in [1.54, 1.807) is 0 Å². The van der Waals surface area contributed by atoms with Crippen molar-refractivity contribution in [1.82, 2.24) is 0 Å². The summed E-state index contributed by atoms with van der Waals surface area (Å²) >= 11 is 0.611. The maximum Gasteiger partial charge on any atom is 0 e. The summed E-state index contributed by atoms with van der Waals surface area (Å²) in [7, 11) is 0. The number of hydrogen-bond donors (Lipinski definition) is 0. The molecule has 28 valence electrons. The van der Waals surface area contributed by atoms with Gasteiger partial charge in [-0.05, 0) is 0 Å². The van der Waals surface area contributed by atoms with Crippen molar-refractivity contribution in [1.29, 1.82) is 0 Å². The summed E-state index contributed by atoms with van der Waals surface area (Å²) in [6, 6.07) is 0. The SMILES string of the molecule is O.[O]=[AlH].[Pd]. The molecule has 4 heteroatoms. The molecular formula is H3AlO2Pd. The van der Waals surface area contributed by atoms with Crippen LogP contribution in [0.3, 0.4) is 0 Å². The van der Waals surface area contributed by atoms with Crippen LogP contribution in [-0.4, -0.2) is 21.7 Å². The van der Waals surface area contributed by atoms with Crippen molar-refractivity contribution in [2.45, 2.75) is 0 Å². The first-order valence-electron chi connectivity index (χ1n) is 0.289. The van der Waals surface area contributed by atoms with Gasteiger partial charge >= 0.3 is 20.0 Å². The first kappa shape index (κ1) is 20.3. The molecule has 0 bridgehead atoms. The van der Waals surface area contributed by atoms with Crippen molar-refractivity contribution in [3.8, 4) is 0 Å². The van der Waals surface area contributed by atoms with Gasteiger partial charge in [0.15, 0.2) is 0 Å². The monoisotopic (exact) mass is 168 g/mol. The molecule has 0 saturated heterocycles. The molecule has 0 unspecified atom stereocenters. The van der Waals surface area contributed by atoms with Crippen LogP contribution in [0.4, 0.5) is 0 Å². The second-order valence-electron chi connectivity index (χ2n) is 0. The molecule has 0 atom stereocenters. The standard InChI is InChI=1S/Al.H2O.O.Pd.H/h;1H2;;;. The van der Waals surface area contributed by atoms with Gasteiger partial charge in [0.1, 0.15) is 0 Å². The van der Waals surface area contributed by atoms with Crippen LogP contribution < -0.4 is 0 Å². The Hall–Kier alpha value is 0.955. The van der Waals surface area contributed by atoms with E-state index in [1.807, 2.05) is 0 Å². The Labute approximate surface area is 46.2 Å². The van der Waals surface area contributed by atoms with Gasteiger partial charge in [-0.15, -0.1) is 0 Å². The fraction of sp³-hybridized carbons (Fsp3) is 0. The van der Waals surface area contributed by atoms with Crippen LogP contribution in [0.5, 0.6) is 0 Å². The summed E-state index contributed by atoms with van der Waals surface area (Å²) in [6.07, 6.45) is 0. The average molecular weight is 168 g/mol. The Morgan fingerprint density at radius 1 is 1.25 bits per heavy atom. The quantitative estimate of drug-likeness (QED) is 0.402. The van der Waals surface area contributed by atoms with Crippen molar-refractivity contribution < 1.29 is 29.7 Å². The van der Waals surface area contributed by atoms with Gasteiger partial charge in [0.05, 0.1) is 0 Å². The number of rotatable bonds is 0. The van der Waals surface area contributed by atoms with Gasteiger partial charge in [-0.2, -0.15) is 0 Å². The molecule has 0 fully saturated rings. The third-order valence-corrected chi connectivity index (χ3v) is 0. The maximum absolute atomic E-state index is 8.28. The Morgan fingerprint density at radius 3 is 1.25 bits per heavy atom. The normalized spacial score (nSPS) is 0.750. The van der Waals surface area contributed by atoms with Crippen LogP contribution in [0.25, 0.3) is 0 Å². The van der Waals surface area contributed by atoms with E-state index in [2.05, 4.69) is 0 Å². The van der Waals surface area contributed by atoms with E-state index in [1.165, 1.54) is 0 Å². The zero-order valence-electron chi connectivity index (χ0n) is 1.93. The third-order valence-electron chi connectivity index (χ3n) is 0. The molecule has 0 saturated carbocycles. The van der Waals surface area contributed by atoms with Crippen LogP contribution in [-0.2, 0) is 24.2 Å². The average Bonchev–Trinajstić information content (AvgIpc) is 1.00. The molecule has 0 aliphatic heterocycles. The molecule has 0 heterocycles. The van der Waals surface area contributed by atoms with Gasteiger partial charge in [-0.25, -0.2) is 0 Å². The number of hydrogen-bond acceptors (Lipinski definition) is 1. The van der Waals surface area contributed by atoms with Crippen LogP contribution in [0, 0.1) is 0 Å².